The van der Waals surface area contributed by atoms with E-state index in [2.05, 4.69) is 5.32 Å². The average molecular weight is 277 g/mol. The lowest BCUT2D eigenvalue weighted by molar-refractivity contribution is -0.253. The second kappa shape index (κ2) is 5.70. The largest absolute Gasteiger partial charge is 0.459 e. The molecule has 0 spiro atoms. The number of esters is 1. The maximum atomic E-state index is 11.6. The first-order valence-electron chi connectivity index (χ1n) is 6.25. The number of rotatable bonds is 4. The van der Waals surface area contributed by atoms with Gasteiger partial charge < -0.3 is 35.2 Å². The molecule has 19 heavy (non-hydrogen) atoms. The Labute approximate surface area is 109 Å². The Balaban J connectivity index is 1.89. The van der Waals surface area contributed by atoms with Gasteiger partial charge in [0.15, 0.2) is 0 Å². The minimum Gasteiger partial charge on any atom is -0.459 e. The van der Waals surface area contributed by atoms with Crippen LogP contribution in [0.4, 0.5) is 0 Å². The molecule has 2 aliphatic rings. The van der Waals surface area contributed by atoms with Gasteiger partial charge in [0.25, 0.3) is 0 Å². The third kappa shape index (κ3) is 2.88. The Kier molecular flexibility index (Phi) is 4.39. The van der Waals surface area contributed by atoms with Gasteiger partial charge in [0, 0.05) is 0 Å². The standard InChI is InChI=1S/C11H19NO7/c13-4-7-8(14)9(15)11(17,19-7)5-18-10(16)6-2-1-3-12-6/h6-9,12-15,17H,1-5H2/t6-,7+,8+,9+,11+/m0/s1. The van der Waals surface area contributed by atoms with Crippen LogP contribution < -0.4 is 5.32 Å². The first-order chi connectivity index (χ1) is 8.98. The SMILES string of the molecule is O=C(OC[C@@]1(O)O[C@H](CO)[C@@H](O)[C@H]1O)[C@@H]1CCCN1. The van der Waals surface area contributed by atoms with Crippen molar-refractivity contribution in [2.45, 2.75) is 43.0 Å². The quantitative estimate of drug-likeness (QED) is 0.346. The van der Waals surface area contributed by atoms with Crippen molar-refractivity contribution in [1.29, 1.82) is 0 Å². The van der Waals surface area contributed by atoms with Crippen molar-refractivity contribution in [2.75, 3.05) is 19.8 Å². The molecule has 0 aromatic carbocycles. The van der Waals surface area contributed by atoms with E-state index in [0.29, 0.717) is 6.42 Å². The van der Waals surface area contributed by atoms with Crippen molar-refractivity contribution in [3.05, 3.63) is 0 Å². The number of hydrogen-bond acceptors (Lipinski definition) is 8. The maximum Gasteiger partial charge on any atom is 0.323 e. The van der Waals surface area contributed by atoms with Crippen LogP contribution >= 0.6 is 0 Å². The smallest absolute Gasteiger partial charge is 0.323 e. The highest BCUT2D eigenvalue weighted by atomic mass is 16.7. The highest BCUT2D eigenvalue weighted by molar-refractivity contribution is 5.76. The minimum absolute atomic E-state index is 0.416. The van der Waals surface area contributed by atoms with E-state index in [0.717, 1.165) is 13.0 Å². The van der Waals surface area contributed by atoms with E-state index in [1.54, 1.807) is 0 Å². The Hall–Kier alpha value is -0.770. The number of hydrogen-bond donors (Lipinski definition) is 5. The summed E-state index contributed by atoms with van der Waals surface area (Å²) in [7, 11) is 0. The van der Waals surface area contributed by atoms with Crippen molar-refractivity contribution in [3.8, 4) is 0 Å². The number of ether oxygens (including phenoxy) is 2. The van der Waals surface area contributed by atoms with E-state index < -0.39 is 49.3 Å². The molecule has 0 aromatic heterocycles. The highest BCUT2D eigenvalue weighted by Gasteiger charge is 2.54. The topological polar surface area (TPSA) is 128 Å². The Morgan fingerprint density at radius 3 is 2.74 bits per heavy atom. The van der Waals surface area contributed by atoms with Crippen molar-refractivity contribution in [3.63, 3.8) is 0 Å². The van der Waals surface area contributed by atoms with Crippen LogP contribution in [0.5, 0.6) is 0 Å². The first kappa shape index (κ1) is 14.6. The van der Waals surface area contributed by atoms with Gasteiger partial charge in [0.05, 0.1) is 6.61 Å². The van der Waals surface area contributed by atoms with Crippen LogP contribution in [-0.2, 0) is 14.3 Å². The lowest BCUT2D eigenvalue weighted by Crippen LogP contribution is -2.48. The summed E-state index contributed by atoms with van der Waals surface area (Å²) < 4.78 is 9.84. The predicted molar refractivity (Wildman–Crippen MR) is 60.9 cm³/mol. The summed E-state index contributed by atoms with van der Waals surface area (Å²) >= 11 is 0. The molecule has 2 heterocycles. The van der Waals surface area contributed by atoms with E-state index in [1.165, 1.54) is 0 Å². The monoisotopic (exact) mass is 277 g/mol. The number of nitrogens with one attached hydrogen (secondary N) is 1. The Morgan fingerprint density at radius 1 is 1.47 bits per heavy atom. The second-order valence-electron chi connectivity index (χ2n) is 4.88. The van der Waals surface area contributed by atoms with Crippen LogP contribution in [0.2, 0.25) is 0 Å². The van der Waals surface area contributed by atoms with Gasteiger partial charge >= 0.3 is 5.97 Å². The lowest BCUT2D eigenvalue weighted by atomic mass is 10.1. The number of carbonyl (C=O) groups is 1. The van der Waals surface area contributed by atoms with E-state index in [4.69, 9.17) is 14.6 Å². The van der Waals surface area contributed by atoms with Crippen LogP contribution in [-0.4, -0.2) is 76.3 Å². The van der Waals surface area contributed by atoms with E-state index in [1.807, 2.05) is 0 Å². The van der Waals surface area contributed by atoms with Gasteiger partial charge in [-0.15, -0.1) is 0 Å². The van der Waals surface area contributed by atoms with Gasteiger partial charge in [0.2, 0.25) is 5.79 Å². The fraction of sp³-hybridized carbons (Fsp3) is 0.909. The highest BCUT2D eigenvalue weighted by Crippen LogP contribution is 2.29. The molecule has 0 amide bonds. The fourth-order valence-corrected chi connectivity index (χ4v) is 2.30. The molecule has 2 saturated heterocycles. The molecule has 5 atom stereocenters. The molecule has 8 heteroatoms. The molecule has 0 radical (unpaired) electrons. The molecule has 0 aromatic rings. The molecule has 2 aliphatic heterocycles. The average Bonchev–Trinajstić information content (AvgIpc) is 3.00. The second-order valence-corrected chi connectivity index (χ2v) is 4.88. The zero-order valence-electron chi connectivity index (χ0n) is 10.4. The van der Waals surface area contributed by atoms with Gasteiger partial charge in [-0.1, -0.05) is 0 Å². The van der Waals surface area contributed by atoms with Crippen LogP contribution in [0.3, 0.4) is 0 Å². The number of carbonyl (C=O) groups excluding carboxylic acids is 1. The van der Waals surface area contributed by atoms with E-state index in [9.17, 15) is 20.1 Å². The van der Waals surface area contributed by atoms with Crippen LogP contribution in [0, 0.1) is 0 Å². The normalized spacial score (nSPS) is 42.5. The van der Waals surface area contributed by atoms with Crippen LogP contribution in [0.15, 0.2) is 0 Å². The summed E-state index contributed by atoms with van der Waals surface area (Å²) in [6.07, 6.45) is -2.66. The van der Waals surface area contributed by atoms with Gasteiger partial charge in [0.1, 0.15) is 31.0 Å². The Morgan fingerprint density at radius 2 is 2.21 bits per heavy atom. The Bertz CT molecular complexity index is 333. The molecule has 0 aliphatic carbocycles. The molecule has 0 unspecified atom stereocenters. The summed E-state index contributed by atoms with van der Waals surface area (Å²) in [5.41, 5.74) is 0. The van der Waals surface area contributed by atoms with Gasteiger partial charge in [-0.25, -0.2) is 0 Å². The molecule has 0 bridgehead atoms. The molecule has 8 nitrogen and oxygen atoms in total. The van der Waals surface area contributed by atoms with E-state index in [-0.39, 0.29) is 0 Å². The lowest BCUT2D eigenvalue weighted by Gasteiger charge is -2.25. The first-order valence-corrected chi connectivity index (χ1v) is 6.25. The fourth-order valence-electron chi connectivity index (χ4n) is 2.30. The van der Waals surface area contributed by atoms with Crippen molar-refractivity contribution >= 4 is 5.97 Å². The third-order valence-corrected chi connectivity index (χ3v) is 3.47. The molecule has 5 N–H and O–H groups in total. The molecule has 2 rings (SSSR count). The van der Waals surface area contributed by atoms with Crippen molar-refractivity contribution in [2.24, 2.45) is 0 Å². The van der Waals surface area contributed by atoms with Crippen molar-refractivity contribution in [1.82, 2.24) is 5.32 Å². The van der Waals surface area contributed by atoms with Gasteiger partial charge in [-0.3, -0.25) is 4.79 Å². The van der Waals surface area contributed by atoms with Crippen LogP contribution in [0.25, 0.3) is 0 Å². The summed E-state index contributed by atoms with van der Waals surface area (Å²) in [6, 6.07) is -0.416. The zero-order valence-corrected chi connectivity index (χ0v) is 10.4. The summed E-state index contributed by atoms with van der Waals surface area (Å²) in [6.45, 7) is -0.425. The van der Waals surface area contributed by atoms with Gasteiger partial charge in [-0.2, -0.15) is 0 Å². The molecule has 2 fully saturated rings. The van der Waals surface area contributed by atoms with Gasteiger partial charge in [-0.05, 0) is 19.4 Å². The van der Waals surface area contributed by atoms with E-state index >= 15 is 0 Å². The number of aliphatic hydroxyl groups is 4. The summed E-state index contributed by atoms with van der Waals surface area (Å²) in [4.78, 5) is 11.6. The predicted octanol–water partition coefficient (Wildman–Crippen LogP) is -2.92. The molecule has 0 saturated carbocycles. The third-order valence-electron chi connectivity index (χ3n) is 3.47. The van der Waals surface area contributed by atoms with Crippen molar-refractivity contribution < 1.29 is 34.7 Å². The number of aliphatic hydroxyl groups excluding tert-OH is 3. The summed E-state index contributed by atoms with van der Waals surface area (Å²) in [5.74, 6) is -2.73. The minimum atomic E-state index is -2.19. The zero-order chi connectivity index (χ0) is 14.0. The molecular formula is C11H19NO7. The summed E-state index contributed by atoms with van der Waals surface area (Å²) in [5, 5.41) is 41.0. The maximum absolute atomic E-state index is 11.6. The molecule has 110 valence electrons. The molecular weight excluding hydrogens is 258 g/mol. The van der Waals surface area contributed by atoms with Crippen LogP contribution in [0.1, 0.15) is 12.8 Å².